The summed E-state index contributed by atoms with van der Waals surface area (Å²) in [6.07, 6.45) is 0. The first-order valence-electron chi connectivity index (χ1n) is 10.4. The molecule has 4 rings (SSSR count). The Bertz CT molecular complexity index is 1060. The molecule has 0 atom stereocenters. The third kappa shape index (κ3) is 4.50. The van der Waals surface area contributed by atoms with Crippen LogP contribution < -0.4 is 14.2 Å². The highest BCUT2D eigenvalue weighted by Crippen LogP contribution is 2.34. The van der Waals surface area contributed by atoms with Crippen LogP contribution in [0.5, 0.6) is 17.2 Å². The second-order valence-electron chi connectivity index (χ2n) is 7.38. The fourth-order valence-electron chi connectivity index (χ4n) is 3.56. The molecule has 1 aliphatic heterocycles. The Balaban J connectivity index is 1.48. The first-order chi connectivity index (χ1) is 15.1. The zero-order valence-corrected chi connectivity index (χ0v) is 18.0. The molecule has 3 aromatic rings. The fourth-order valence-corrected chi connectivity index (χ4v) is 3.56. The zero-order chi connectivity index (χ0) is 21.8. The summed E-state index contributed by atoms with van der Waals surface area (Å²) in [4.78, 5) is 15.0. The summed E-state index contributed by atoms with van der Waals surface area (Å²) in [5, 5.41) is 3.94. The molecule has 0 unspecified atom stereocenters. The molecule has 7 heteroatoms. The van der Waals surface area contributed by atoms with Gasteiger partial charge < -0.3 is 23.6 Å². The lowest BCUT2D eigenvalue weighted by Crippen LogP contribution is -2.31. The number of hydrogen-bond acceptors (Lipinski definition) is 6. The van der Waals surface area contributed by atoms with Crippen LogP contribution in [0.1, 0.15) is 39.9 Å². The van der Waals surface area contributed by atoms with E-state index in [1.165, 1.54) is 0 Å². The van der Waals surface area contributed by atoms with Crippen LogP contribution in [-0.2, 0) is 13.2 Å². The maximum absolute atomic E-state index is 13.2. The summed E-state index contributed by atoms with van der Waals surface area (Å²) in [6, 6.07) is 13.0. The number of nitrogens with zero attached hydrogens (tertiary/aromatic N) is 2. The SMILES string of the molecule is CCN(Cc1cccc2c1OCCO2)C(=O)c1cccc(OCc2c(C)noc2C)c1. The van der Waals surface area contributed by atoms with Crippen molar-refractivity contribution in [2.24, 2.45) is 0 Å². The van der Waals surface area contributed by atoms with Gasteiger partial charge in [-0.05, 0) is 45.0 Å². The van der Waals surface area contributed by atoms with Crippen molar-refractivity contribution in [1.29, 1.82) is 0 Å². The molecule has 0 spiro atoms. The molecule has 1 amide bonds. The average molecular weight is 422 g/mol. The number of para-hydroxylation sites is 1. The monoisotopic (exact) mass is 422 g/mol. The van der Waals surface area contributed by atoms with Crippen molar-refractivity contribution in [3.8, 4) is 17.2 Å². The second-order valence-corrected chi connectivity index (χ2v) is 7.38. The van der Waals surface area contributed by atoms with Gasteiger partial charge in [-0.2, -0.15) is 0 Å². The maximum Gasteiger partial charge on any atom is 0.254 e. The topological polar surface area (TPSA) is 74.0 Å². The van der Waals surface area contributed by atoms with Crippen molar-refractivity contribution in [2.75, 3.05) is 19.8 Å². The van der Waals surface area contributed by atoms with Crippen molar-refractivity contribution in [3.63, 3.8) is 0 Å². The maximum atomic E-state index is 13.2. The molecule has 2 aromatic carbocycles. The van der Waals surface area contributed by atoms with Gasteiger partial charge in [0.2, 0.25) is 0 Å². The molecule has 0 bridgehead atoms. The van der Waals surface area contributed by atoms with Gasteiger partial charge in [0.05, 0.1) is 11.3 Å². The zero-order valence-electron chi connectivity index (χ0n) is 18.0. The number of carbonyl (C=O) groups excluding carboxylic acids is 1. The Morgan fingerprint density at radius 1 is 1.13 bits per heavy atom. The molecule has 7 nitrogen and oxygen atoms in total. The summed E-state index contributed by atoms with van der Waals surface area (Å²) in [5.41, 5.74) is 3.22. The van der Waals surface area contributed by atoms with Gasteiger partial charge in [-0.25, -0.2) is 0 Å². The van der Waals surface area contributed by atoms with Crippen molar-refractivity contribution in [3.05, 3.63) is 70.6 Å². The van der Waals surface area contributed by atoms with E-state index in [4.69, 9.17) is 18.7 Å². The van der Waals surface area contributed by atoms with E-state index in [9.17, 15) is 4.79 Å². The van der Waals surface area contributed by atoms with Gasteiger partial charge in [-0.15, -0.1) is 0 Å². The molecule has 2 heterocycles. The predicted molar refractivity (Wildman–Crippen MR) is 115 cm³/mol. The average Bonchev–Trinajstić information content (AvgIpc) is 3.13. The Morgan fingerprint density at radius 2 is 1.94 bits per heavy atom. The highest BCUT2D eigenvalue weighted by atomic mass is 16.6. The minimum absolute atomic E-state index is 0.0698. The van der Waals surface area contributed by atoms with E-state index in [2.05, 4.69) is 5.16 Å². The van der Waals surface area contributed by atoms with Crippen molar-refractivity contribution < 1.29 is 23.5 Å². The van der Waals surface area contributed by atoms with Gasteiger partial charge in [0.15, 0.2) is 11.5 Å². The minimum Gasteiger partial charge on any atom is -0.489 e. The smallest absolute Gasteiger partial charge is 0.254 e. The van der Waals surface area contributed by atoms with Crippen molar-refractivity contribution in [2.45, 2.75) is 33.9 Å². The van der Waals surface area contributed by atoms with E-state index in [0.717, 1.165) is 34.1 Å². The first kappa shape index (κ1) is 20.8. The van der Waals surface area contributed by atoms with Crippen LogP contribution in [0.4, 0.5) is 0 Å². The summed E-state index contributed by atoms with van der Waals surface area (Å²) < 4.78 is 22.5. The van der Waals surface area contributed by atoms with Crippen LogP contribution in [0.25, 0.3) is 0 Å². The number of aryl methyl sites for hydroxylation is 2. The summed E-state index contributed by atoms with van der Waals surface area (Å²) in [5.74, 6) is 2.73. The Labute approximate surface area is 181 Å². The van der Waals surface area contributed by atoms with Crippen LogP contribution in [-0.4, -0.2) is 35.7 Å². The standard InChI is InChI=1S/C24H26N2O5/c1-4-26(14-19-8-6-10-22-23(19)29-12-11-28-22)24(27)18-7-5-9-20(13-18)30-15-21-16(2)25-31-17(21)3/h5-10,13H,4,11-12,14-15H2,1-3H3. The van der Waals surface area contributed by atoms with Gasteiger partial charge in [0.25, 0.3) is 5.91 Å². The van der Waals surface area contributed by atoms with Crippen molar-refractivity contribution in [1.82, 2.24) is 10.1 Å². The molecule has 162 valence electrons. The van der Waals surface area contributed by atoms with Crippen LogP contribution in [0.2, 0.25) is 0 Å². The molecule has 0 radical (unpaired) electrons. The van der Waals surface area contributed by atoms with E-state index < -0.39 is 0 Å². The molecule has 0 N–H and O–H groups in total. The molecule has 31 heavy (non-hydrogen) atoms. The lowest BCUT2D eigenvalue weighted by molar-refractivity contribution is 0.0748. The molecular formula is C24H26N2O5. The number of benzene rings is 2. The quantitative estimate of drug-likeness (QED) is 0.565. The molecular weight excluding hydrogens is 396 g/mol. The van der Waals surface area contributed by atoms with E-state index in [0.29, 0.717) is 44.2 Å². The fraction of sp³-hybridized carbons (Fsp3) is 0.333. The van der Waals surface area contributed by atoms with E-state index in [-0.39, 0.29) is 5.91 Å². The van der Waals surface area contributed by atoms with Crippen LogP contribution in [0.3, 0.4) is 0 Å². The molecule has 1 aliphatic rings. The van der Waals surface area contributed by atoms with Crippen LogP contribution >= 0.6 is 0 Å². The first-order valence-corrected chi connectivity index (χ1v) is 10.4. The van der Waals surface area contributed by atoms with E-state index in [1.807, 2.05) is 51.1 Å². The third-order valence-electron chi connectivity index (χ3n) is 5.32. The predicted octanol–water partition coefficient (Wildman–Crippen LogP) is 4.30. The van der Waals surface area contributed by atoms with Crippen LogP contribution in [0, 0.1) is 13.8 Å². The lowest BCUT2D eigenvalue weighted by atomic mass is 10.1. The molecule has 0 fully saturated rings. The van der Waals surface area contributed by atoms with Crippen molar-refractivity contribution >= 4 is 5.91 Å². The van der Waals surface area contributed by atoms with Gasteiger partial charge >= 0.3 is 0 Å². The number of amides is 1. The molecule has 0 saturated carbocycles. The minimum atomic E-state index is -0.0698. The van der Waals surface area contributed by atoms with Gasteiger partial charge in [-0.3, -0.25) is 4.79 Å². The number of fused-ring (bicyclic) bond motifs is 1. The number of carbonyl (C=O) groups is 1. The van der Waals surface area contributed by atoms with Gasteiger partial charge in [0.1, 0.15) is 31.3 Å². The molecule has 1 aromatic heterocycles. The summed E-state index contributed by atoms with van der Waals surface area (Å²) >= 11 is 0. The highest BCUT2D eigenvalue weighted by molar-refractivity contribution is 5.94. The Kier molecular flexibility index (Phi) is 6.11. The van der Waals surface area contributed by atoms with Gasteiger partial charge in [-0.1, -0.05) is 23.4 Å². The number of ether oxygens (including phenoxy) is 3. The molecule has 0 saturated heterocycles. The number of rotatable bonds is 7. The Hall–Kier alpha value is -3.48. The highest BCUT2D eigenvalue weighted by Gasteiger charge is 2.21. The lowest BCUT2D eigenvalue weighted by Gasteiger charge is -2.25. The van der Waals surface area contributed by atoms with E-state index >= 15 is 0 Å². The summed E-state index contributed by atoms with van der Waals surface area (Å²) in [6.45, 7) is 8.08. The van der Waals surface area contributed by atoms with E-state index in [1.54, 1.807) is 17.0 Å². The third-order valence-corrected chi connectivity index (χ3v) is 5.32. The summed E-state index contributed by atoms with van der Waals surface area (Å²) in [7, 11) is 0. The van der Waals surface area contributed by atoms with Crippen LogP contribution in [0.15, 0.2) is 47.0 Å². The number of aromatic nitrogens is 1. The largest absolute Gasteiger partial charge is 0.489 e. The number of hydrogen-bond donors (Lipinski definition) is 0. The second kappa shape index (κ2) is 9.12. The Morgan fingerprint density at radius 3 is 2.71 bits per heavy atom. The van der Waals surface area contributed by atoms with Gasteiger partial charge in [0, 0.05) is 24.2 Å². The normalized spacial score (nSPS) is 12.5. The molecule has 0 aliphatic carbocycles.